The SMILES string of the molecule is CN(C(=O)c1cc(N)c(Cl)c(Cl)c1)c1cccc(C#N)c1. The fraction of sp³-hybridized carbons (Fsp3) is 0.0667. The van der Waals surface area contributed by atoms with Crippen LogP contribution in [0.1, 0.15) is 15.9 Å². The number of hydrogen-bond acceptors (Lipinski definition) is 3. The molecule has 2 N–H and O–H groups in total. The summed E-state index contributed by atoms with van der Waals surface area (Å²) in [6.45, 7) is 0. The second kappa shape index (κ2) is 6.04. The van der Waals surface area contributed by atoms with Gasteiger partial charge in [-0.05, 0) is 30.3 Å². The third-order valence-corrected chi connectivity index (χ3v) is 3.79. The van der Waals surface area contributed by atoms with Crippen LogP contribution in [0.3, 0.4) is 0 Å². The van der Waals surface area contributed by atoms with E-state index in [-0.39, 0.29) is 21.6 Å². The molecule has 0 saturated carbocycles. The van der Waals surface area contributed by atoms with Crippen LogP contribution in [0.15, 0.2) is 36.4 Å². The maximum absolute atomic E-state index is 12.4. The van der Waals surface area contributed by atoms with Gasteiger partial charge in [-0.3, -0.25) is 4.79 Å². The molecular weight excluding hydrogens is 309 g/mol. The first-order valence-electron chi connectivity index (χ1n) is 5.96. The first-order chi connectivity index (χ1) is 9.93. The summed E-state index contributed by atoms with van der Waals surface area (Å²) >= 11 is 11.8. The summed E-state index contributed by atoms with van der Waals surface area (Å²) in [4.78, 5) is 13.9. The predicted molar refractivity (Wildman–Crippen MR) is 84.8 cm³/mol. The number of nitriles is 1. The van der Waals surface area contributed by atoms with Gasteiger partial charge in [-0.2, -0.15) is 5.26 Å². The minimum Gasteiger partial charge on any atom is -0.397 e. The summed E-state index contributed by atoms with van der Waals surface area (Å²) in [5, 5.41) is 9.35. The average Bonchev–Trinajstić information content (AvgIpc) is 2.50. The normalized spacial score (nSPS) is 10.0. The van der Waals surface area contributed by atoms with Gasteiger partial charge in [-0.25, -0.2) is 0 Å². The van der Waals surface area contributed by atoms with Gasteiger partial charge in [0, 0.05) is 18.3 Å². The van der Waals surface area contributed by atoms with E-state index in [9.17, 15) is 4.79 Å². The standard InChI is InChI=1S/C15H11Cl2N3O/c1-20(11-4-2-3-9(5-11)8-18)15(21)10-6-12(16)14(17)13(19)7-10/h2-7H,19H2,1H3. The van der Waals surface area contributed by atoms with E-state index in [1.165, 1.54) is 17.0 Å². The second-order valence-corrected chi connectivity index (χ2v) is 5.17. The van der Waals surface area contributed by atoms with Crippen molar-refractivity contribution >= 4 is 40.5 Å². The first-order valence-corrected chi connectivity index (χ1v) is 6.72. The minimum atomic E-state index is -0.296. The van der Waals surface area contributed by atoms with E-state index >= 15 is 0 Å². The number of hydrogen-bond donors (Lipinski definition) is 1. The molecule has 106 valence electrons. The summed E-state index contributed by atoms with van der Waals surface area (Å²) < 4.78 is 0. The predicted octanol–water partition coefficient (Wildman–Crippen LogP) is 3.72. The molecule has 6 heteroatoms. The molecule has 0 heterocycles. The first kappa shape index (κ1) is 15.2. The topological polar surface area (TPSA) is 70.1 Å². The fourth-order valence-electron chi connectivity index (χ4n) is 1.83. The number of nitrogens with zero attached hydrogens (tertiary/aromatic N) is 2. The lowest BCUT2D eigenvalue weighted by molar-refractivity contribution is 0.0993. The maximum atomic E-state index is 12.4. The molecule has 0 radical (unpaired) electrons. The van der Waals surface area contributed by atoms with Crippen LogP contribution < -0.4 is 10.6 Å². The molecule has 21 heavy (non-hydrogen) atoms. The van der Waals surface area contributed by atoms with E-state index in [1.54, 1.807) is 31.3 Å². The Morgan fingerprint density at radius 1 is 1.29 bits per heavy atom. The van der Waals surface area contributed by atoms with Crippen LogP contribution in [0.5, 0.6) is 0 Å². The van der Waals surface area contributed by atoms with Crippen LogP contribution in [-0.2, 0) is 0 Å². The number of halogens is 2. The van der Waals surface area contributed by atoms with E-state index in [4.69, 9.17) is 34.2 Å². The number of carbonyl (C=O) groups excluding carboxylic acids is 1. The zero-order valence-electron chi connectivity index (χ0n) is 11.1. The van der Waals surface area contributed by atoms with Gasteiger partial charge in [-0.1, -0.05) is 29.3 Å². The zero-order chi connectivity index (χ0) is 15.6. The van der Waals surface area contributed by atoms with Gasteiger partial charge in [0.2, 0.25) is 0 Å². The van der Waals surface area contributed by atoms with Gasteiger partial charge in [0.15, 0.2) is 0 Å². The molecule has 1 amide bonds. The van der Waals surface area contributed by atoms with Crippen LogP contribution in [0.2, 0.25) is 10.0 Å². The molecule has 0 saturated heterocycles. The van der Waals surface area contributed by atoms with Crippen LogP contribution in [-0.4, -0.2) is 13.0 Å². The number of nitrogen functional groups attached to an aromatic ring is 1. The Bertz CT molecular complexity index is 730. The van der Waals surface area contributed by atoms with Crippen molar-refractivity contribution in [3.8, 4) is 6.07 Å². The van der Waals surface area contributed by atoms with E-state index in [0.717, 1.165) is 0 Å². The Morgan fingerprint density at radius 3 is 2.62 bits per heavy atom. The Balaban J connectivity index is 2.37. The van der Waals surface area contributed by atoms with Crippen LogP contribution in [0.4, 0.5) is 11.4 Å². The molecule has 2 aromatic carbocycles. The van der Waals surface area contributed by atoms with Gasteiger partial charge < -0.3 is 10.6 Å². The van der Waals surface area contributed by atoms with E-state index in [0.29, 0.717) is 16.8 Å². The Hall–Kier alpha value is -2.22. The molecule has 0 spiro atoms. The van der Waals surface area contributed by atoms with Crippen molar-refractivity contribution in [2.75, 3.05) is 17.7 Å². The van der Waals surface area contributed by atoms with Crippen molar-refractivity contribution in [1.82, 2.24) is 0 Å². The minimum absolute atomic E-state index is 0.221. The lowest BCUT2D eigenvalue weighted by Gasteiger charge is -2.18. The van der Waals surface area contributed by atoms with Gasteiger partial charge in [-0.15, -0.1) is 0 Å². The van der Waals surface area contributed by atoms with Crippen molar-refractivity contribution in [2.24, 2.45) is 0 Å². The zero-order valence-corrected chi connectivity index (χ0v) is 12.6. The van der Waals surface area contributed by atoms with Crippen molar-refractivity contribution in [1.29, 1.82) is 5.26 Å². The molecule has 0 atom stereocenters. The van der Waals surface area contributed by atoms with Crippen molar-refractivity contribution in [2.45, 2.75) is 0 Å². The maximum Gasteiger partial charge on any atom is 0.258 e. The quantitative estimate of drug-likeness (QED) is 0.857. The van der Waals surface area contributed by atoms with Gasteiger partial charge in [0.1, 0.15) is 0 Å². The highest BCUT2D eigenvalue weighted by Crippen LogP contribution is 2.30. The smallest absolute Gasteiger partial charge is 0.258 e. The summed E-state index contributed by atoms with van der Waals surface area (Å²) in [6, 6.07) is 11.7. The molecular formula is C15H11Cl2N3O. The molecule has 0 bridgehead atoms. The molecule has 2 rings (SSSR count). The Morgan fingerprint density at radius 2 is 2.00 bits per heavy atom. The number of carbonyl (C=O) groups is 1. The molecule has 2 aromatic rings. The summed E-state index contributed by atoms with van der Waals surface area (Å²) in [5.41, 5.74) is 7.36. The van der Waals surface area contributed by atoms with E-state index in [2.05, 4.69) is 0 Å². The monoisotopic (exact) mass is 319 g/mol. The largest absolute Gasteiger partial charge is 0.397 e. The Kier molecular flexibility index (Phi) is 4.37. The molecule has 0 aliphatic carbocycles. The number of nitrogens with two attached hydrogens (primary N) is 1. The summed E-state index contributed by atoms with van der Waals surface area (Å²) in [7, 11) is 1.61. The van der Waals surface area contributed by atoms with Crippen LogP contribution in [0.25, 0.3) is 0 Å². The highest BCUT2D eigenvalue weighted by molar-refractivity contribution is 6.44. The lowest BCUT2D eigenvalue weighted by Crippen LogP contribution is -2.26. The Labute approximate surface area is 132 Å². The molecule has 0 unspecified atom stereocenters. The molecule has 0 aliphatic rings. The third kappa shape index (κ3) is 3.10. The summed E-state index contributed by atoms with van der Waals surface area (Å²) in [6.07, 6.45) is 0. The van der Waals surface area contributed by atoms with Crippen molar-refractivity contribution < 1.29 is 4.79 Å². The van der Waals surface area contributed by atoms with Gasteiger partial charge >= 0.3 is 0 Å². The van der Waals surface area contributed by atoms with Crippen molar-refractivity contribution in [3.05, 3.63) is 57.6 Å². The third-order valence-electron chi connectivity index (χ3n) is 2.97. The molecule has 4 nitrogen and oxygen atoms in total. The second-order valence-electron chi connectivity index (χ2n) is 4.39. The molecule has 0 aliphatic heterocycles. The van der Waals surface area contributed by atoms with E-state index < -0.39 is 0 Å². The van der Waals surface area contributed by atoms with Gasteiger partial charge in [0.05, 0.1) is 27.4 Å². The van der Waals surface area contributed by atoms with Crippen LogP contribution in [0, 0.1) is 11.3 Å². The lowest BCUT2D eigenvalue weighted by atomic mass is 10.1. The van der Waals surface area contributed by atoms with E-state index in [1.807, 2.05) is 6.07 Å². The van der Waals surface area contributed by atoms with Crippen LogP contribution >= 0.6 is 23.2 Å². The fourth-order valence-corrected chi connectivity index (χ4v) is 2.16. The van der Waals surface area contributed by atoms with Gasteiger partial charge in [0.25, 0.3) is 5.91 Å². The number of amides is 1. The number of anilines is 2. The van der Waals surface area contributed by atoms with Crippen molar-refractivity contribution in [3.63, 3.8) is 0 Å². The highest BCUT2D eigenvalue weighted by Gasteiger charge is 2.16. The summed E-state index contributed by atoms with van der Waals surface area (Å²) in [5.74, 6) is -0.296. The average molecular weight is 320 g/mol. The molecule has 0 aromatic heterocycles. The number of rotatable bonds is 2. The highest BCUT2D eigenvalue weighted by atomic mass is 35.5. The number of benzene rings is 2. The molecule has 0 fully saturated rings.